The van der Waals surface area contributed by atoms with Gasteiger partial charge >= 0.3 is 0 Å². The van der Waals surface area contributed by atoms with Gasteiger partial charge < -0.3 is 15.2 Å². The van der Waals surface area contributed by atoms with Gasteiger partial charge in [0.1, 0.15) is 0 Å². The van der Waals surface area contributed by atoms with E-state index < -0.39 is 0 Å². The van der Waals surface area contributed by atoms with E-state index in [9.17, 15) is 0 Å². The number of imidazole rings is 1. The number of rotatable bonds is 5. The average Bonchev–Trinajstić information content (AvgIpc) is 3.04. The Kier molecular flexibility index (Phi) is 5.09. The number of anilines is 4. The molecule has 0 fully saturated rings. The first-order chi connectivity index (χ1) is 14.0. The maximum Gasteiger partial charge on any atom is 0.242 e. The van der Waals surface area contributed by atoms with E-state index in [1.54, 1.807) is 4.57 Å². The van der Waals surface area contributed by atoms with Crippen LogP contribution in [-0.4, -0.2) is 24.1 Å². The highest BCUT2D eigenvalue weighted by Crippen LogP contribution is 2.19. The molecule has 2 heterocycles. The highest BCUT2D eigenvalue weighted by molar-refractivity contribution is 7.71. The van der Waals surface area contributed by atoms with Crippen LogP contribution < -0.4 is 10.6 Å². The number of nitrogens with one attached hydrogen (secondary N) is 2. The molecular formula is C21H21N7S. The van der Waals surface area contributed by atoms with E-state index in [0.717, 1.165) is 11.4 Å². The number of hydrogen-bond donors (Lipinski definition) is 2. The van der Waals surface area contributed by atoms with Crippen LogP contribution in [0.1, 0.15) is 11.1 Å². The second kappa shape index (κ2) is 7.84. The van der Waals surface area contributed by atoms with E-state index >= 15 is 0 Å². The molecule has 0 spiro atoms. The molecule has 0 radical (unpaired) electrons. The lowest BCUT2D eigenvalue weighted by atomic mass is 10.2. The van der Waals surface area contributed by atoms with Crippen molar-refractivity contribution in [1.82, 2.24) is 24.1 Å². The maximum atomic E-state index is 5.47. The zero-order valence-corrected chi connectivity index (χ0v) is 17.2. The maximum absolute atomic E-state index is 5.47. The molecule has 0 aliphatic carbocycles. The monoisotopic (exact) mass is 403 g/mol. The first-order valence-electron chi connectivity index (χ1n) is 9.16. The van der Waals surface area contributed by atoms with Crippen LogP contribution in [0.3, 0.4) is 0 Å². The molecule has 0 atom stereocenters. The van der Waals surface area contributed by atoms with E-state index in [2.05, 4.69) is 25.6 Å². The minimum Gasteiger partial charge on any atom is -0.326 e. The standard InChI is InChI=1S/C21H21N7S/c1-14-4-8-16(9-5-14)22-18-24-19(23-17-10-6-15(2)7-11-17)26-20(25-18)28-13-12-27(3)21(28)29/h4-13H,1-3H3,(H2,22,23,24,25,26). The summed E-state index contributed by atoms with van der Waals surface area (Å²) >= 11 is 5.47. The Hall–Kier alpha value is -3.52. The summed E-state index contributed by atoms with van der Waals surface area (Å²) in [6.45, 7) is 4.09. The molecule has 4 rings (SSSR count). The summed E-state index contributed by atoms with van der Waals surface area (Å²) in [7, 11) is 1.89. The fourth-order valence-corrected chi connectivity index (χ4v) is 2.94. The Morgan fingerprint density at radius 2 is 1.21 bits per heavy atom. The van der Waals surface area contributed by atoms with E-state index in [1.807, 2.05) is 86.4 Å². The van der Waals surface area contributed by atoms with Crippen molar-refractivity contribution in [2.75, 3.05) is 10.6 Å². The van der Waals surface area contributed by atoms with Gasteiger partial charge in [0, 0.05) is 30.8 Å². The molecule has 7 nitrogen and oxygen atoms in total. The third kappa shape index (κ3) is 4.33. The third-order valence-corrected chi connectivity index (χ3v) is 4.89. The normalized spacial score (nSPS) is 10.7. The van der Waals surface area contributed by atoms with Gasteiger partial charge in [-0.3, -0.25) is 4.57 Å². The molecule has 4 aromatic rings. The molecule has 0 aliphatic heterocycles. The SMILES string of the molecule is Cc1ccc(Nc2nc(Nc3ccc(C)cc3)nc(-n3ccn(C)c3=S)n2)cc1. The molecule has 0 amide bonds. The zero-order chi connectivity index (χ0) is 20.4. The fraction of sp³-hybridized carbons (Fsp3) is 0.143. The number of aromatic nitrogens is 5. The number of benzene rings is 2. The minimum absolute atomic E-state index is 0.430. The molecule has 2 aromatic carbocycles. The van der Waals surface area contributed by atoms with Gasteiger partial charge in [0.2, 0.25) is 17.8 Å². The molecule has 146 valence electrons. The van der Waals surface area contributed by atoms with Crippen molar-refractivity contribution >= 4 is 35.5 Å². The zero-order valence-electron chi connectivity index (χ0n) is 16.4. The van der Waals surface area contributed by atoms with Gasteiger partial charge in [-0.2, -0.15) is 15.0 Å². The second-order valence-corrected chi connectivity index (χ2v) is 7.19. The van der Waals surface area contributed by atoms with Crippen molar-refractivity contribution in [2.45, 2.75) is 13.8 Å². The van der Waals surface area contributed by atoms with Crippen molar-refractivity contribution < 1.29 is 0 Å². The summed E-state index contributed by atoms with van der Waals surface area (Å²) in [6.07, 6.45) is 3.70. The first-order valence-corrected chi connectivity index (χ1v) is 9.56. The van der Waals surface area contributed by atoms with Gasteiger partial charge in [-0.25, -0.2) is 0 Å². The molecule has 29 heavy (non-hydrogen) atoms. The molecule has 0 saturated heterocycles. The Labute approximate surface area is 174 Å². The van der Waals surface area contributed by atoms with Gasteiger partial charge in [-0.1, -0.05) is 35.4 Å². The Bertz CT molecular complexity index is 1130. The van der Waals surface area contributed by atoms with Gasteiger partial charge in [-0.15, -0.1) is 0 Å². The smallest absolute Gasteiger partial charge is 0.242 e. The summed E-state index contributed by atoms with van der Waals surface area (Å²) < 4.78 is 4.18. The van der Waals surface area contributed by atoms with Crippen LogP contribution in [0.4, 0.5) is 23.3 Å². The minimum atomic E-state index is 0.430. The van der Waals surface area contributed by atoms with E-state index in [1.165, 1.54) is 11.1 Å². The van der Waals surface area contributed by atoms with E-state index in [4.69, 9.17) is 12.2 Å². The number of nitrogens with zero attached hydrogens (tertiary/aromatic N) is 5. The van der Waals surface area contributed by atoms with Crippen molar-refractivity contribution in [3.63, 3.8) is 0 Å². The lowest BCUT2D eigenvalue weighted by molar-refractivity contribution is 0.828. The fourth-order valence-electron chi connectivity index (χ4n) is 2.73. The molecule has 0 bridgehead atoms. The molecule has 0 aliphatic rings. The molecule has 2 aromatic heterocycles. The second-order valence-electron chi connectivity index (χ2n) is 6.83. The van der Waals surface area contributed by atoms with Crippen molar-refractivity contribution in [3.8, 4) is 5.95 Å². The summed E-state index contributed by atoms with van der Waals surface area (Å²) in [5, 5.41) is 6.49. The molecule has 0 saturated carbocycles. The predicted octanol–water partition coefficient (Wildman–Crippen LogP) is 4.83. The molecule has 2 N–H and O–H groups in total. The molecular weight excluding hydrogens is 382 g/mol. The summed E-state index contributed by atoms with van der Waals surface area (Å²) in [4.78, 5) is 13.7. The number of hydrogen-bond acceptors (Lipinski definition) is 6. The van der Waals surface area contributed by atoms with Crippen LogP contribution in [0.2, 0.25) is 0 Å². The van der Waals surface area contributed by atoms with Crippen LogP contribution in [0.5, 0.6) is 0 Å². The quantitative estimate of drug-likeness (QED) is 0.465. The van der Waals surface area contributed by atoms with Crippen molar-refractivity contribution in [2.24, 2.45) is 7.05 Å². The third-order valence-electron chi connectivity index (χ3n) is 4.40. The Morgan fingerprint density at radius 3 is 1.62 bits per heavy atom. The number of aryl methyl sites for hydroxylation is 3. The Balaban J connectivity index is 1.74. The van der Waals surface area contributed by atoms with Crippen molar-refractivity contribution in [3.05, 3.63) is 76.8 Å². The van der Waals surface area contributed by atoms with Gasteiger partial charge in [-0.05, 0) is 50.3 Å². The van der Waals surface area contributed by atoms with Crippen LogP contribution >= 0.6 is 12.2 Å². The highest BCUT2D eigenvalue weighted by Gasteiger charge is 2.11. The topological polar surface area (TPSA) is 72.6 Å². The lowest BCUT2D eigenvalue weighted by Crippen LogP contribution is -2.09. The predicted molar refractivity (Wildman–Crippen MR) is 118 cm³/mol. The van der Waals surface area contributed by atoms with Crippen molar-refractivity contribution in [1.29, 1.82) is 0 Å². The van der Waals surface area contributed by atoms with Gasteiger partial charge in [0.05, 0.1) is 0 Å². The highest BCUT2D eigenvalue weighted by atomic mass is 32.1. The van der Waals surface area contributed by atoms with Crippen LogP contribution in [0.25, 0.3) is 5.95 Å². The largest absolute Gasteiger partial charge is 0.326 e. The Morgan fingerprint density at radius 1 is 0.724 bits per heavy atom. The van der Waals surface area contributed by atoms with Crippen LogP contribution in [0, 0.1) is 18.6 Å². The van der Waals surface area contributed by atoms with Gasteiger partial charge in [0.25, 0.3) is 0 Å². The average molecular weight is 404 g/mol. The lowest BCUT2D eigenvalue weighted by Gasteiger charge is -2.11. The summed E-state index contributed by atoms with van der Waals surface area (Å²) in [5.74, 6) is 1.30. The summed E-state index contributed by atoms with van der Waals surface area (Å²) in [6, 6.07) is 16.1. The molecule has 0 unspecified atom stereocenters. The first kappa shape index (κ1) is 18.8. The van der Waals surface area contributed by atoms with Crippen LogP contribution in [-0.2, 0) is 7.05 Å². The van der Waals surface area contributed by atoms with Gasteiger partial charge in [0.15, 0.2) is 4.77 Å². The molecule has 8 heteroatoms. The van der Waals surface area contributed by atoms with E-state index in [-0.39, 0.29) is 0 Å². The van der Waals surface area contributed by atoms with E-state index in [0.29, 0.717) is 22.6 Å². The summed E-state index contributed by atoms with van der Waals surface area (Å²) in [5.41, 5.74) is 4.16. The van der Waals surface area contributed by atoms with Crippen LogP contribution in [0.15, 0.2) is 60.9 Å².